The summed E-state index contributed by atoms with van der Waals surface area (Å²) in [4.78, 5) is 22.4. The molecule has 3 rings (SSSR count). The molecule has 3 heterocycles. The Hall–Kier alpha value is -2.12. The van der Waals surface area contributed by atoms with E-state index in [9.17, 15) is 18.0 Å². The van der Waals surface area contributed by atoms with Crippen molar-refractivity contribution in [3.05, 3.63) is 24.2 Å². The summed E-state index contributed by atoms with van der Waals surface area (Å²) < 4.78 is 40.7. The third-order valence-corrected chi connectivity index (χ3v) is 4.44. The van der Waals surface area contributed by atoms with Crippen molar-refractivity contribution in [2.75, 3.05) is 13.1 Å². The molecule has 0 aromatic carbocycles. The summed E-state index contributed by atoms with van der Waals surface area (Å²) in [7, 11) is 0. The zero-order valence-electron chi connectivity index (χ0n) is 14.3. The average Bonchev–Trinajstić information content (AvgIpc) is 2.95. The first kappa shape index (κ1) is 17.7. The van der Waals surface area contributed by atoms with Crippen LogP contribution in [0.4, 0.5) is 13.2 Å². The summed E-state index contributed by atoms with van der Waals surface area (Å²) in [6.45, 7) is 4.97. The van der Waals surface area contributed by atoms with Crippen LogP contribution in [0.2, 0.25) is 0 Å². The zero-order chi connectivity index (χ0) is 18.2. The third kappa shape index (κ3) is 3.77. The normalized spacial score (nSPS) is 19.0. The summed E-state index contributed by atoms with van der Waals surface area (Å²) in [5, 5.41) is 0. The molecule has 0 radical (unpaired) electrons. The van der Waals surface area contributed by atoms with Crippen molar-refractivity contribution in [3.63, 3.8) is 0 Å². The number of likely N-dealkylation sites (tertiary alicyclic amines) is 1. The first-order chi connectivity index (χ1) is 11.8. The number of amides is 1. The molecule has 0 aliphatic carbocycles. The quantitative estimate of drug-likeness (QED) is 0.848. The van der Waals surface area contributed by atoms with Gasteiger partial charge in [-0.15, -0.1) is 0 Å². The van der Waals surface area contributed by atoms with E-state index < -0.39 is 18.0 Å². The second kappa shape index (κ2) is 6.65. The lowest BCUT2D eigenvalue weighted by atomic mass is 9.97. The first-order valence-electron chi connectivity index (χ1n) is 8.42. The van der Waals surface area contributed by atoms with Crippen LogP contribution in [0.5, 0.6) is 0 Å². The minimum absolute atomic E-state index is 0.0736. The highest BCUT2D eigenvalue weighted by atomic mass is 19.4. The molecule has 2 aromatic rings. The second-order valence-corrected chi connectivity index (χ2v) is 6.99. The van der Waals surface area contributed by atoms with E-state index in [2.05, 4.69) is 23.8 Å². The molecule has 0 bridgehead atoms. The highest BCUT2D eigenvalue weighted by Crippen LogP contribution is 2.33. The highest BCUT2D eigenvalue weighted by molar-refractivity contribution is 5.96. The van der Waals surface area contributed by atoms with Crippen molar-refractivity contribution in [2.24, 2.45) is 11.8 Å². The minimum atomic E-state index is -4.27. The number of imidazole rings is 1. The van der Waals surface area contributed by atoms with Crippen LogP contribution in [0.15, 0.2) is 18.6 Å². The minimum Gasteiger partial charge on any atom is -0.338 e. The maximum Gasteiger partial charge on any atom is 0.393 e. The van der Waals surface area contributed by atoms with Crippen molar-refractivity contribution >= 4 is 17.1 Å². The van der Waals surface area contributed by atoms with Gasteiger partial charge in [0, 0.05) is 25.8 Å². The van der Waals surface area contributed by atoms with E-state index in [-0.39, 0.29) is 18.5 Å². The number of aromatic nitrogens is 3. The number of fused-ring (bicyclic) bond motifs is 1. The SMILES string of the molecule is CC(C)Cn1cnc2cc(C(=O)N3CCCC(C(F)(F)F)C3)cnc21. The van der Waals surface area contributed by atoms with Crippen molar-refractivity contribution in [2.45, 2.75) is 39.4 Å². The van der Waals surface area contributed by atoms with Gasteiger partial charge < -0.3 is 9.47 Å². The number of pyridine rings is 1. The summed E-state index contributed by atoms with van der Waals surface area (Å²) in [6.07, 6.45) is -0.734. The van der Waals surface area contributed by atoms with E-state index in [1.54, 1.807) is 12.4 Å². The highest BCUT2D eigenvalue weighted by Gasteiger charge is 2.42. The van der Waals surface area contributed by atoms with Crippen LogP contribution in [-0.2, 0) is 6.54 Å². The van der Waals surface area contributed by atoms with Crippen LogP contribution < -0.4 is 0 Å². The fourth-order valence-electron chi connectivity index (χ4n) is 3.20. The Labute approximate surface area is 143 Å². The number of hydrogen-bond acceptors (Lipinski definition) is 3. The van der Waals surface area contributed by atoms with Gasteiger partial charge in [0.05, 0.1) is 17.8 Å². The summed E-state index contributed by atoms with van der Waals surface area (Å²) in [5.74, 6) is -1.44. The Balaban J connectivity index is 1.80. The van der Waals surface area contributed by atoms with Crippen LogP contribution in [-0.4, -0.2) is 44.6 Å². The summed E-state index contributed by atoms with van der Waals surface area (Å²) >= 11 is 0. The van der Waals surface area contributed by atoms with Gasteiger partial charge in [-0.25, -0.2) is 9.97 Å². The van der Waals surface area contributed by atoms with Gasteiger partial charge in [-0.3, -0.25) is 4.79 Å². The molecular weight excluding hydrogens is 333 g/mol. The topological polar surface area (TPSA) is 51.0 Å². The van der Waals surface area contributed by atoms with E-state index in [0.29, 0.717) is 30.0 Å². The lowest BCUT2D eigenvalue weighted by molar-refractivity contribution is -0.184. The van der Waals surface area contributed by atoms with Gasteiger partial charge in [0.1, 0.15) is 5.52 Å². The van der Waals surface area contributed by atoms with Crippen LogP contribution in [0.3, 0.4) is 0 Å². The van der Waals surface area contributed by atoms with Crippen LogP contribution in [0, 0.1) is 11.8 Å². The molecule has 1 aliphatic heterocycles. The largest absolute Gasteiger partial charge is 0.393 e. The number of halogens is 3. The molecule has 2 aromatic heterocycles. The molecule has 1 amide bonds. The number of carbonyl (C=O) groups excluding carboxylic acids is 1. The van der Waals surface area contributed by atoms with Gasteiger partial charge >= 0.3 is 6.18 Å². The molecule has 1 aliphatic rings. The molecule has 136 valence electrons. The number of nitrogens with zero attached hydrogens (tertiary/aromatic N) is 4. The van der Waals surface area contributed by atoms with Crippen molar-refractivity contribution in [3.8, 4) is 0 Å². The lowest BCUT2D eigenvalue weighted by Gasteiger charge is -2.33. The maximum atomic E-state index is 12.9. The lowest BCUT2D eigenvalue weighted by Crippen LogP contribution is -2.44. The number of piperidine rings is 1. The predicted molar refractivity (Wildman–Crippen MR) is 87.0 cm³/mol. The van der Waals surface area contributed by atoms with E-state index in [1.165, 1.54) is 11.1 Å². The number of carbonyl (C=O) groups is 1. The van der Waals surface area contributed by atoms with E-state index in [0.717, 1.165) is 6.54 Å². The van der Waals surface area contributed by atoms with Gasteiger partial charge in [0.25, 0.3) is 5.91 Å². The molecule has 5 nitrogen and oxygen atoms in total. The first-order valence-corrected chi connectivity index (χ1v) is 8.42. The molecule has 1 atom stereocenters. The molecule has 0 spiro atoms. The Morgan fingerprint density at radius 3 is 2.80 bits per heavy atom. The van der Waals surface area contributed by atoms with Gasteiger partial charge in [0.2, 0.25) is 0 Å². The third-order valence-electron chi connectivity index (χ3n) is 4.44. The van der Waals surface area contributed by atoms with Crippen molar-refractivity contribution in [1.82, 2.24) is 19.4 Å². The molecule has 1 fully saturated rings. The Kier molecular flexibility index (Phi) is 4.71. The zero-order valence-corrected chi connectivity index (χ0v) is 14.3. The van der Waals surface area contributed by atoms with Crippen molar-refractivity contribution < 1.29 is 18.0 Å². The fraction of sp³-hybridized carbons (Fsp3) is 0.588. The van der Waals surface area contributed by atoms with Crippen LogP contribution in [0.25, 0.3) is 11.2 Å². The van der Waals surface area contributed by atoms with Gasteiger partial charge in [-0.1, -0.05) is 13.8 Å². The smallest absolute Gasteiger partial charge is 0.338 e. The van der Waals surface area contributed by atoms with Gasteiger partial charge in [-0.05, 0) is 24.8 Å². The molecular formula is C17H21F3N4O. The fourth-order valence-corrected chi connectivity index (χ4v) is 3.20. The molecule has 0 N–H and O–H groups in total. The Morgan fingerprint density at radius 1 is 1.36 bits per heavy atom. The average molecular weight is 354 g/mol. The monoisotopic (exact) mass is 354 g/mol. The molecule has 1 saturated heterocycles. The molecule has 25 heavy (non-hydrogen) atoms. The number of rotatable bonds is 3. The van der Waals surface area contributed by atoms with Gasteiger partial charge in [-0.2, -0.15) is 13.2 Å². The Morgan fingerprint density at radius 2 is 2.12 bits per heavy atom. The van der Waals surface area contributed by atoms with E-state index in [4.69, 9.17) is 0 Å². The van der Waals surface area contributed by atoms with Gasteiger partial charge in [0.15, 0.2) is 5.65 Å². The van der Waals surface area contributed by atoms with E-state index in [1.807, 2.05) is 4.57 Å². The standard InChI is InChI=1S/C17H21F3N4O/c1-11(2)8-24-10-22-14-6-12(7-21-15(14)24)16(25)23-5-3-4-13(9-23)17(18,19)20/h6-7,10-11,13H,3-5,8-9H2,1-2H3. The second-order valence-electron chi connectivity index (χ2n) is 6.99. The molecule has 1 unspecified atom stereocenters. The van der Waals surface area contributed by atoms with E-state index >= 15 is 0 Å². The maximum absolute atomic E-state index is 12.9. The van der Waals surface area contributed by atoms with Crippen molar-refractivity contribution in [1.29, 1.82) is 0 Å². The van der Waals surface area contributed by atoms with Crippen LogP contribution in [0.1, 0.15) is 37.0 Å². The number of alkyl halides is 3. The molecule has 8 heteroatoms. The Bertz CT molecular complexity index is 769. The predicted octanol–water partition coefficient (Wildman–Crippen LogP) is 3.50. The molecule has 0 saturated carbocycles. The summed E-state index contributed by atoms with van der Waals surface area (Å²) in [5.41, 5.74) is 1.54. The summed E-state index contributed by atoms with van der Waals surface area (Å²) in [6, 6.07) is 1.61. The van der Waals surface area contributed by atoms with Crippen LogP contribution >= 0.6 is 0 Å². The number of hydrogen-bond donors (Lipinski definition) is 0.